The quantitative estimate of drug-likeness (QED) is 0.599. The molecule has 21 heavy (non-hydrogen) atoms. The molecule has 1 aliphatic heterocycles. The predicted octanol–water partition coefficient (Wildman–Crippen LogP) is -1.84. The Morgan fingerprint density at radius 3 is 2.71 bits per heavy atom. The third kappa shape index (κ3) is 2.77. The van der Waals surface area contributed by atoms with Crippen LogP contribution >= 0.6 is 0 Å². The summed E-state index contributed by atoms with van der Waals surface area (Å²) in [6.07, 6.45) is -5.18. The maximum Gasteiger partial charge on any atom is 0.350 e. The molecule has 0 aliphatic carbocycles. The number of ether oxygens (including phenoxy) is 1. The van der Waals surface area contributed by atoms with Crippen LogP contribution < -0.4 is 11.4 Å². The van der Waals surface area contributed by atoms with E-state index in [1.807, 2.05) is 0 Å². The first kappa shape index (κ1) is 15.5. The molecule has 2 heterocycles. The Morgan fingerprint density at radius 2 is 2.24 bits per heavy atom. The Balaban J connectivity index is 2.34. The van der Waals surface area contributed by atoms with E-state index < -0.39 is 42.6 Å². The van der Waals surface area contributed by atoms with Crippen LogP contribution in [-0.2, 0) is 16.0 Å². The van der Waals surface area contributed by atoms with Crippen LogP contribution in [-0.4, -0.2) is 50.4 Å². The van der Waals surface area contributed by atoms with Crippen molar-refractivity contribution >= 4 is 5.91 Å². The van der Waals surface area contributed by atoms with Gasteiger partial charge in [-0.05, 0) is 6.07 Å². The highest BCUT2D eigenvalue weighted by Crippen LogP contribution is 2.41. The number of alkyl halides is 2. The Bertz CT molecular complexity index is 606. The first-order valence-corrected chi connectivity index (χ1v) is 5.96. The second-order valence-corrected chi connectivity index (χ2v) is 4.58. The summed E-state index contributed by atoms with van der Waals surface area (Å²) in [5.74, 6) is -4.50. The van der Waals surface area contributed by atoms with Crippen LogP contribution in [0.4, 0.5) is 8.78 Å². The fourth-order valence-corrected chi connectivity index (χ4v) is 2.02. The molecule has 0 radical (unpaired) electrons. The van der Waals surface area contributed by atoms with E-state index >= 15 is 0 Å². The number of nitrogens with zero attached hydrogens (tertiary/aromatic N) is 2. The molecule has 10 heteroatoms. The van der Waals surface area contributed by atoms with Crippen molar-refractivity contribution in [1.29, 1.82) is 0 Å². The molecule has 0 aromatic carbocycles. The standard InChI is InChI=1S/C11H13F2N3O5/c12-11(13)8(19)6(4-17)21-9(11)16-2-1-5(3-7(14)18)15-10(16)20/h1-2,6,8-9,17,19H,3-4H2,(H2,14,18)/t6-,8-,9-/m1/s1. The molecular formula is C11H13F2N3O5. The number of hydrogen-bond donors (Lipinski definition) is 3. The highest BCUT2D eigenvalue weighted by atomic mass is 19.3. The van der Waals surface area contributed by atoms with Gasteiger partial charge in [-0.15, -0.1) is 0 Å². The summed E-state index contributed by atoms with van der Waals surface area (Å²) >= 11 is 0. The molecule has 0 unspecified atom stereocenters. The molecule has 3 atom stereocenters. The molecule has 116 valence electrons. The van der Waals surface area contributed by atoms with Gasteiger partial charge in [-0.3, -0.25) is 9.36 Å². The van der Waals surface area contributed by atoms with Crippen molar-refractivity contribution in [3.8, 4) is 0 Å². The van der Waals surface area contributed by atoms with Gasteiger partial charge in [0.2, 0.25) is 12.1 Å². The molecule has 1 amide bonds. The minimum atomic E-state index is -3.77. The number of rotatable bonds is 4. The fraction of sp³-hybridized carbons (Fsp3) is 0.545. The number of carbonyl (C=O) groups is 1. The summed E-state index contributed by atoms with van der Waals surface area (Å²) in [5.41, 5.74) is 3.89. The molecule has 0 saturated carbocycles. The number of aliphatic hydroxyl groups is 2. The maximum absolute atomic E-state index is 13.9. The van der Waals surface area contributed by atoms with Crippen LogP contribution in [0.1, 0.15) is 11.9 Å². The van der Waals surface area contributed by atoms with Crippen molar-refractivity contribution in [2.45, 2.75) is 30.8 Å². The Kier molecular flexibility index (Phi) is 4.03. The average molecular weight is 305 g/mol. The predicted molar refractivity (Wildman–Crippen MR) is 63.3 cm³/mol. The largest absolute Gasteiger partial charge is 0.394 e. The van der Waals surface area contributed by atoms with E-state index in [1.54, 1.807) is 0 Å². The summed E-state index contributed by atoms with van der Waals surface area (Å²) < 4.78 is 33.0. The molecular weight excluding hydrogens is 292 g/mol. The molecule has 4 N–H and O–H groups in total. The Labute approximate surface area is 116 Å². The van der Waals surface area contributed by atoms with Gasteiger partial charge in [-0.2, -0.15) is 13.8 Å². The molecule has 1 saturated heterocycles. The van der Waals surface area contributed by atoms with Gasteiger partial charge in [-0.25, -0.2) is 4.79 Å². The van der Waals surface area contributed by atoms with Crippen LogP contribution in [0.5, 0.6) is 0 Å². The van der Waals surface area contributed by atoms with E-state index in [4.69, 9.17) is 15.6 Å². The van der Waals surface area contributed by atoms with Gasteiger partial charge in [0.05, 0.1) is 18.7 Å². The molecule has 2 rings (SSSR count). The lowest BCUT2D eigenvalue weighted by atomic mass is 10.1. The first-order valence-electron chi connectivity index (χ1n) is 5.96. The number of hydrogen-bond acceptors (Lipinski definition) is 6. The first-order chi connectivity index (χ1) is 9.77. The lowest BCUT2D eigenvalue weighted by Gasteiger charge is -2.21. The van der Waals surface area contributed by atoms with Crippen LogP contribution in [0.2, 0.25) is 0 Å². The van der Waals surface area contributed by atoms with Gasteiger partial charge in [0.1, 0.15) is 6.10 Å². The van der Waals surface area contributed by atoms with E-state index in [1.165, 1.54) is 6.07 Å². The van der Waals surface area contributed by atoms with Gasteiger partial charge >= 0.3 is 11.6 Å². The molecule has 1 aliphatic rings. The molecule has 0 spiro atoms. The summed E-state index contributed by atoms with van der Waals surface area (Å²) in [4.78, 5) is 25.9. The van der Waals surface area contributed by atoms with Crippen LogP contribution in [0.25, 0.3) is 0 Å². The van der Waals surface area contributed by atoms with Crippen LogP contribution in [0.15, 0.2) is 17.1 Å². The van der Waals surface area contributed by atoms with Crippen molar-refractivity contribution in [1.82, 2.24) is 9.55 Å². The summed E-state index contributed by atoms with van der Waals surface area (Å²) in [6.45, 7) is -0.824. The molecule has 1 aromatic heterocycles. The number of carbonyl (C=O) groups excluding carboxylic acids is 1. The zero-order valence-corrected chi connectivity index (χ0v) is 10.6. The average Bonchev–Trinajstić information content (AvgIpc) is 2.61. The lowest BCUT2D eigenvalue weighted by Crippen LogP contribution is -2.42. The minimum Gasteiger partial charge on any atom is -0.394 e. The van der Waals surface area contributed by atoms with Crippen molar-refractivity contribution in [2.24, 2.45) is 5.73 Å². The zero-order valence-electron chi connectivity index (χ0n) is 10.6. The van der Waals surface area contributed by atoms with E-state index in [-0.39, 0.29) is 12.1 Å². The van der Waals surface area contributed by atoms with Crippen molar-refractivity contribution in [3.63, 3.8) is 0 Å². The fourth-order valence-electron chi connectivity index (χ4n) is 2.02. The molecule has 0 bridgehead atoms. The van der Waals surface area contributed by atoms with Gasteiger partial charge in [-0.1, -0.05) is 0 Å². The van der Waals surface area contributed by atoms with Crippen LogP contribution in [0.3, 0.4) is 0 Å². The lowest BCUT2D eigenvalue weighted by molar-refractivity contribution is -0.141. The van der Waals surface area contributed by atoms with Gasteiger partial charge in [0.25, 0.3) is 0 Å². The molecule has 1 fully saturated rings. The summed E-state index contributed by atoms with van der Waals surface area (Å²) in [5, 5.41) is 18.3. The summed E-state index contributed by atoms with van der Waals surface area (Å²) in [6, 6.07) is 1.17. The highest BCUT2D eigenvalue weighted by molar-refractivity contribution is 5.75. The third-order valence-electron chi connectivity index (χ3n) is 3.06. The van der Waals surface area contributed by atoms with E-state index in [2.05, 4.69) is 4.98 Å². The number of halogens is 2. The monoisotopic (exact) mass is 305 g/mol. The number of aliphatic hydroxyl groups excluding tert-OH is 2. The number of nitrogens with two attached hydrogens (primary N) is 1. The smallest absolute Gasteiger partial charge is 0.350 e. The van der Waals surface area contributed by atoms with E-state index in [9.17, 15) is 23.5 Å². The Hall–Kier alpha value is -1.91. The zero-order chi connectivity index (χ0) is 15.8. The van der Waals surface area contributed by atoms with E-state index in [0.29, 0.717) is 4.57 Å². The number of primary amides is 1. The second kappa shape index (κ2) is 5.47. The number of amides is 1. The van der Waals surface area contributed by atoms with Crippen molar-refractivity contribution in [2.75, 3.05) is 6.61 Å². The van der Waals surface area contributed by atoms with Gasteiger partial charge in [0.15, 0.2) is 6.10 Å². The number of aromatic nitrogens is 2. The van der Waals surface area contributed by atoms with Gasteiger partial charge < -0.3 is 20.7 Å². The van der Waals surface area contributed by atoms with Crippen molar-refractivity contribution < 1.29 is 28.5 Å². The summed E-state index contributed by atoms with van der Waals surface area (Å²) in [7, 11) is 0. The second-order valence-electron chi connectivity index (χ2n) is 4.58. The Morgan fingerprint density at radius 1 is 1.57 bits per heavy atom. The van der Waals surface area contributed by atoms with Gasteiger partial charge in [0, 0.05) is 6.20 Å². The van der Waals surface area contributed by atoms with Crippen LogP contribution in [0, 0.1) is 0 Å². The molecule has 1 aromatic rings. The maximum atomic E-state index is 13.9. The molecule has 8 nitrogen and oxygen atoms in total. The highest BCUT2D eigenvalue weighted by Gasteiger charge is 2.59. The van der Waals surface area contributed by atoms with Crippen molar-refractivity contribution in [3.05, 3.63) is 28.4 Å². The van der Waals surface area contributed by atoms with E-state index in [0.717, 1.165) is 6.20 Å². The minimum absolute atomic E-state index is 0.0318. The topological polar surface area (TPSA) is 128 Å². The third-order valence-corrected chi connectivity index (χ3v) is 3.06. The normalized spacial score (nSPS) is 27.7. The SMILES string of the molecule is NC(=O)Cc1ccn([C@@H]2O[C@H](CO)[C@@H](O)C2(F)F)c(=O)n1.